The van der Waals surface area contributed by atoms with Crippen LogP contribution in [0.5, 0.6) is 11.5 Å². The molecule has 1 heterocycles. The van der Waals surface area contributed by atoms with E-state index in [2.05, 4.69) is 10.7 Å². The Balaban J connectivity index is 1.29. The standard InChI is InChI=1S/C29H24ClN3O2/c1-20-7-15-25(16-8-20)35-26-17-13-24(14-18-26)31-29(34)33-19-27(21-5-3-2-4-6-21)28(32-33)22-9-11-23(30)12-10-22/h2-18,32H,19H2,1H3,(H,31,34). The van der Waals surface area contributed by atoms with Gasteiger partial charge < -0.3 is 10.1 Å². The lowest BCUT2D eigenvalue weighted by Crippen LogP contribution is -2.40. The minimum absolute atomic E-state index is 0.255. The molecule has 0 spiro atoms. The van der Waals surface area contributed by atoms with Crippen molar-refractivity contribution < 1.29 is 9.53 Å². The first-order valence-electron chi connectivity index (χ1n) is 11.3. The smallest absolute Gasteiger partial charge is 0.340 e. The number of rotatable bonds is 5. The Labute approximate surface area is 209 Å². The summed E-state index contributed by atoms with van der Waals surface area (Å²) in [4.78, 5) is 13.1. The van der Waals surface area contributed by atoms with E-state index in [1.165, 1.54) is 5.56 Å². The number of benzene rings is 4. The highest BCUT2D eigenvalue weighted by molar-refractivity contribution is 6.30. The van der Waals surface area contributed by atoms with Crippen molar-refractivity contribution in [3.8, 4) is 11.5 Å². The van der Waals surface area contributed by atoms with Crippen LogP contribution in [-0.2, 0) is 0 Å². The normalized spacial score (nSPS) is 12.9. The second-order valence-electron chi connectivity index (χ2n) is 8.29. The second kappa shape index (κ2) is 9.95. The number of urea groups is 1. The average molecular weight is 482 g/mol. The maximum atomic E-state index is 13.1. The van der Waals surface area contributed by atoms with Crippen LogP contribution in [0.1, 0.15) is 16.7 Å². The average Bonchev–Trinajstić information content (AvgIpc) is 3.33. The molecule has 0 saturated carbocycles. The summed E-state index contributed by atoms with van der Waals surface area (Å²) in [5.41, 5.74) is 9.05. The van der Waals surface area contributed by atoms with E-state index >= 15 is 0 Å². The molecule has 0 atom stereocenters. The molecule has 1 aliphatic heterocycles. The molecule has 4 aromatic rings. The molecule has 0 saturated heterocycles. The van der Waals surface area contributed by atoms with Gasteiger partial charge in [-0.1, -0.05) is 71.8 Å². The fourth-order valence-electron chi connectivity index (χ4n) is 3.87. The topological polar surface area (TPSA) is 53.6 Å². The van der Waals surface area contributed by atoms with Gasteiger partial charge in [0.15, 0.2) is 0 Å². The van der Waals surface area contributed by atoms with E-state index in [-0.39, 0.29) is 6.03 Å². The zero-order valence-corrected chi connectivity index (χ0v) is 19.9. The minimum atomic E-state index is -0.255. The first-order chi connectivity index (χ1) is 17.0. The van der Waals surface area contributed by atoms with Gasteiger partial charge in [-0.25, -0.2) is 9.80 Å². The monoisotopic (exact) mass is 481 g/mol. The first-order valence-corrected chi connectivity index (χ1v) is 11.7. The van der Waals surface area contributed by atoms with Crippen molar-refractivity contribution in [1.29, 1.82) is 0 Å². The third-order valence-corrected chi connectivity index (χ3v) is 5.98. The molecular weight excluding hydrogens is 458 g/mol. The fraction of sp³-hybridized carbons (Fsp3) is 0.0690. The van der Waals surface area contributed by atoms with Crippen molar-refractivity contribution in [3.63, 3.8) is 0 Å². The first kappa shape index (κ1) is 22.6. The van der Waals surface area contributed by atoms with Gasteiger partial charge in [-0.2, -0.15) is 0 Å². The Morgan fingerprint density at radius 1 is 0.829 bits per heavy atom. The van der Waals surface area contributed by atoms with Gasteiger partial charge >= 0.3 is 6.03 Å². The summed E-state index contributed by atoms with van der Waals surface area (Å²) in [6, 6.07) is 32.5. The van der Waals surface area contributed by atoms with Crippen LogP contribution in [-0.4, -0.2) is 17.6 Å². The highest BCUT2D eigenvalue weighted by Gasteiger charge is 2.27. The molecular formula is C29H24ClN3O2. The number of nitrogens with zero attached hydrogens (tertiary/aromatic N) is 1. The number of anilines is 1. The number of hydrogen-bond acceptors (Lipinski definition) is 3. The van der Waals surface area contributed by atoms with E-state index in [4.69, 9.17) is 16.3 Å². The number of carbonyl (C=O) groups excluding carboxylic acids is 1. The van der Waals surface area contributed by atoms with Gasteiger partial charge in [-0.05, 0) is 66.6 Å². The van der Waals surface area contributed by atoms with Crippen LogP contribution in [0, 0.1) is 6.92 Å². The Kier molecular flexibility index (Phi) is 6.42. The molecule has 0 aromatic heterocycles. The highest BCUT2D eigenvalue weighted by Crippen LogP contribution is 2.31. The SMILES string of the molecule is Cc1ccc(Oc2ccc(NC(=O)N3CC(c4ccccc4)=C(c4ccc(Cl)cc4)N3)cc2)cc1. The Morgan fingerprint density at radius 2 is 1.46 bits per heavy atom. The van der Waals surface area contributed by atoms with Crippen LogP contribution in [0.2, 0.25) is 5.02 Å². The van der Waals surface area contributed by atoms with E-state index in [0.29, 0.717) is 23.0 Å². The lowest BCUT2D eigenvalue weighted by atomic mass is 10.0. The molecule has 2 amide bonds. The van der Waals surface area contributed by atoms with Crippen LogP contribution in [0.25, 0.3) is 11.3 Å². The van der Waals surface area contributed by atoms with Crippen molar-refractivity contribution in [2.45, 2.75) is 6.92 Å². The molecule has 0 unspecified atom stereocenters. The van der Waals surface area contributed by atoms with Crippen molar-refractivity contribution in [3.05, 3.63) is 125 Å². The van der Waals surface area contributed by atoms with E-state index in [1.54, 1.807) is 5.01 Å². The van der Waals surface area contributed by atoms with Gasteiger partial charge in [0.2, 0.25) is 0 Å². The third kappa shape index (κ3) is 5.31. The lowest BCUT2D eigenvalue weighted by molar-refractivity contribution is 0.210. The molecule has 4 aromatic carbocycles. The number of halogens is 1. The van der Waals surface area contributed by atoms with E-state index in [0.717, 1.165) is 28.1 Å². The van der Waals surface area contributed by atoms with Gasteiger partial charge in [-0.3, -0.25) is 5.43 Å². The Bertz CT molecular complexity index is 1350. The van der Waals surface area contributed by atoms with E-state index in [1.807, 2.05) is 110 Å². The van der Waals surface area contributed by atoms with Crippen LogP contribution in [0.4, 0.5) is 10.5 Å². The maximum Gasteiger partial charge on any atom is 0.340 e. The van der Waals surface area contributed by atoms with E-state index in [9.17, 15) is 4.79 Å². The largest absolute Gasteiger partial charge is 0.457 e. The minimum Gasteiger partial charge on any atom is -0.457 e. The summed E-state index contributed by atoms with van der Waals surface area (Å²) in [6.45, 7) is 2.45. The lowest BCUT2D eigenvalue weighted by Gasteiger charge is -2.19. The maximum absolute atomic E-state index is 13.1. The van der Waals surface area contributed by atoms with Crippen LogP contribution >= 0.6 is 11.6 Å². The van der Waals surface area contributed by atoms with Gasteiger partial charge in [0, 0.05) is 16.3 Å². The Morgan fingerprint density at radius 3 is 2.11 bits per heavy atom. The van der Waals surface area contributed by atoms with Crippen molar-refractivity contribution in [2.75, 3.05) is 11.9 Å². The summed E-state index contributed by atoms with van der Waals surface area (Å²) >= 11 is 6.08. The number of nitrogens with one attached hydrogen (secondary N) is 2. The molecule has 0 radical (unpaired) electrons. The van der Waals surface area contributed by atoms with E-state index < -0.39 is 0 Å². The van der Waals surface area contributed by atoms with Gasteiger partial charge in [-0.15, -0.1) is 0 Å². The predicted octanol–water partition coefficient (Wildman–Crippen LogP) is 7.36. The van der Waals surface area contributed by atoms with Gasteiger partial charge in [0.1, 0.15) is 11.5 Å². The molecule has 1 aliphatic rings. The van der Waals surface area contributed by atoms with Crippen molar-refractivity contribution >= 4 is 34.6 Å². The van der Waals surface area contributed by atoms with Crippen molar-refractivity contribution in [2.24, 2.45) is 0 Å². The molecule has 2 N–H and O–H groups in total. The summed E-state index contributed by atoms with van der Waals surface area (Å²) in [5.74, 6) is 1.46. The number of ether oxygens (including phenoxy) is 1. The second-order valence-corrected chi connectivity index (χ2v) is 8.73. The number of carbonyl (C=O) groups is 1. The fourth-order valence-corrected chi connectivity index (χ4v) is 4.00. The molecule has 5 rings (SSSR count). The predicted molar refractivity (Wildman–Crippen MR) is 141 cm³/mol. The summed E-state index contributed by atoms with van der Waals surface area (Å²) < 4.78 is 5.88. The molecule has 35 heavy (non-hydrogen) atoms. The molecule has 0 bridgehead atoms. The van der Waals surface area contributed by atoms with Crippen molar-refractivity contribution in [1.82, 2.24) is 10.4 Å². The zero-order valence-electron chi connectivity index (χ0n) is 19.2. The summed E-state index contributed by atoms with van der Waals surface area (Å²) in [7, 11) is 0. The third-order valence-electron chi connectivity index (χ3n) is 5.73. The molecule has 0 fully saturated rings. The number of hydrogen-bond donors (Lipinski definition) is 2. The highest BCUT2D eigenvalue weighted by atomic mass is 35.5. The number of hydrazine groups is 1. The van der Waals surface area contributed by atoms with Crippen LogP contribution in [0.3, 0.4) is 0 Å². The molecule has 6 heteroatoms. The number of aryl methyl sites for hydroxylation is 1. The van der Waals surface area contributed by atoms with Gasteiger partial charge in [0.25, 0.3) is 0 Å². The van der Waals surface area contributed by atoms with Crippen LogP contribution < -0.4 is 15.5 Å². The summed E-state index contributed by atoms with van der Waals surface area (Å²) in [6.07, 6.45) is 0. The van der Waals surface area contributed by atoms with Gasteiger partial charge in [0.05, 0.1) is 12.2 Å². The molecule has 0 aliphatic carbocycles. The van der Waals surface area contributed by atoms with Crippen LogP contribution in [0.15, 0.2) is 103 Å². The molecule has 5 nitrogen and oxygen atoms in total. The quantitative estimate of drug-likeness (QED) is 0.313. The Hall–Kier alpha value is -4.22. The molecule has 174 valence electrons. The zero-order chi connectivity index (χ0) is 24.2. The summed E-state index contributed by atoms with van der Waals surface area (Å²) in [5, 5.41) is 5.19. The number of amides is 2.